The van der Waals surface area contributed by atoms with Crippen molar-refractivity contribution in [2.45, 2.75) is 0 Å². The molecule has 0 saturated heterocycles. The molecule has 0 heterocycles. The van der Waals surface area contributed by atoms with Crippen molar-refractivity contribution in [1.82, 2.24) is 0 Å². The molecule has 0 aliphatic heterocycles. The summed E-state index contributed by atoms with van der Waals surface area (Å²) < 4.78 is 0. The van der Waals surface area contributed by atoms with Gasteiger partial charge in [0, 0.05) is 0 Å². The zero-order chi connectivity index (χ0) is 37.3. The molecule has 0 radical (unpaired) electrons. The highest BCUT2D eigenvalue weighted by atomic mass is 14.2. The first-order chi connectivity index (χ1) is 27.8. The van der Waals surface area contributed by atoms with Gasteiger partial charge in [-0.05, 0) is 117 Å². The first-order valence-corrected chi connectivity index (χ1v) is 19.3. The Bertz CT molecular complexity index is 2910. The number of hydrogen-bond acceptors (Lipinski definition) is 0. The molecule has 0 aromatic heterocycles. The third kappa shape index (κ3) is 6.18. The smallest absolute Gasteiger partial charge is 0.00201 e. The van der Waals surface area contributed by atoms with Crippen molar-refractivity contribution in [2.24, 2.45) is 0 Å². The minimum Gasteiger partial charge on any atom is -0.0622 e. The standard InChI is InChI=1S/C56H38/c1-4-16-40(17-5-1)43-31-28-39(29-32-43)30-33-44-34-35-54(49-23-11-10-22-48(44)49)56-52-26-14-12-24-50(52)55(51-25-13-15-27-53(51)56)47-37-45(41-18-6-2-7-19-41)36-46(38-47)42-20-8-3-9-21-42/h1-38H/b33-30+. The average molecular weight is 711 g/mol. The molecule has 10 rings (SSSR count). The van der Waals surface area contributed by atoms with Crippen LogP contribution >= 0.6 is 0 Å². The zero-order valence-corrected chi connectivity index (χ0v) is 30.9. The van der Waals surface area contributed by atoms with Crippen LogP contribution in [0.15, 0.2) is 218 Å². The molecule has 10 aromatic rings. The van der Waals surface area contributed by atoms with Crippen molar-refractivity contribution in [3.05, 3.63) is 230 Å². The molecule has 0 bridgehead atoms. The van der Waals surface area contributed by atoms with Crippen LogP contribution in [0.5, 0.6) is 0 Å². The van der Waals surface area contributed by atoms with Crippen LogP contribution in [-0.2, 0) is 0 Å². The Morgan fingerprint density at radius 2 is 0.625 bits per heavy atom. The van der Waals surface area contributed by atoms with Crippen LogP contribution in [0.25, 0.3) is 100 Å². The lowest BCUT2D eigenvalue weighted by molar-refractivity contribution is 1.58. The largest absolute Gasteiger partial charge is 0.0622 e. The van der Waals surface area contributed by atoms with Crippen molar-refractivity contribution in [3.8, 4) is 55.6 Å². The maximum Gasteiger partial charge on any atom is -0.00201 e. The van der Waals surface area contributed by atoms with E-state index >= 15 is 0 Å². The van der Waals surface area contributed by atoms with Crippen molar-refractivity contribution in [3.63, 3.8) is 0 Å². The lowest BCUT2D eigenvalue weighted by atomic mass is 9.83. The molecule has 0 saturated carbocycles. The molecule has 0 nitrogen and oxygen atoms in total. The Kier molecular flexibility index (Phi) is 8.63. The van der Waals surface area contributed by atoms with E-state index in [1.165, 1.54) is 99.1 Å². The molecule has 0 fully saturated rings. The maximum absolute atomic E-state index is 2.38. The highest BCUT2D eigenvalue weighted by molar-refractivity contribution is 6.24. The zero-order valence-electron chi connectivity index (χ0n) is 30.9. The van der Waals surface area contributed by atoms with Gasteiger partial charge in [0.2, 0.25) is 0 Å². The Morgan fingerprint density at radius 3 is 1.14 bits per heavy atom. The fraction of sp³-hybridized carbons (Fsp3) is 0. The number of rotatable bonds is 7. The van der Waals surface area contributed by atoms with Gasteiger partial charge in [0.1, 0.15) is 0 Å². The highest BCUT2D eigenvalue weighted by Gasteiger charge is 2.19. The summed E-state index contributed by atoms with van der Waals surface area (Å²) in [6, 6.07) is 79.4. The van der Waals surface area contributed by atoms with Gasteiger partial charge in [-0.3, -0.25) is 0 Å². The van der Waals surface area contributed by atoms with Crippen LogP contribution in [0.2, 0.25) is 0 Å². The monoisotopic (exact) mass is 710 g/mol. The van der Waals surface area contributed by atoms with Gasteiger partial charge in [-0.1, -0.05) is 212 Å². The van der Waals surface area contributed by atoms with Gasteiger partial charge in [0.25, 0.3) is 0 Å². The van der Waals surface area contributed by atoms with E-state index < -0.39 is 0 Å². The van der Waals surface area contributed by atoms with E-state index in [4.69, 9.17) is 0 Å². The molecule has 0 unspecified atom stereocenters. The van der Waals surface area contributed by atoms with Crippen molar-refractivity contribution in [2.75, 3.05) is 0 Å². The Hall–Kier alpha value is -7.28. The second-order valence-corrected chi connectivity index (χ2v) is 14.4. The number of fused-ring (bicyclic) bond motifs is 3. The topological polar surface area (TPSA) is 0 Å². The van der Waals surface area contributed by atoms with E-state index in [1.807, 2.05) is 0 Å². The van der Waals surface area contributed by atoms with Crippen LogP contribution in [0.1, 0.15) is 11.1 Å². The molecule has 0 spiro atoms. The minimum atomic E-state index is 1.18. The lowest BCUT2D eigenvalue weighted by Crippen LogP contribution is -1.93. The van der Waals surface area contributed by atoms with Crippen LogP contribution in [0.3, 0.4) is 0 Å². The number of benzene rings is 10. The second-order valence-electron chi connectivity index (χ2n) is 14.4. The van der Waals surface area contributed by atoms with E-state index in [1.54, 1.807) is 0 Å². The van der Waals surface area contributed by atoms with Gasteiger partial charge in [0.15, 0.2) is 0 Å². The third-order valence-electron chi connectivity index (χ3n) is 11.1. The van der Waals surface area contributed by atoms with Gasteiger partial charge in [0.05, 0.1) is 0 Å². The summed E-state index contributed by atoms with van der Waals surface area (Å²) in [7, 11) is 0. The van der Waals surface area contributed by atoms with Gasteiger partial charge >= 0.3 is 0 Å². The van der Waals surface area contributed by atoms with Gasteiger partial charge < -0.3 is 0 Å². The summed E-state index contributed by atoms with van der Waals surface area (Å²) in [5.41, 5.74) is 14.7. The van der Waals surface area contributed by atoms with E-state index in [9.17, 15) is 0 Å². The van der Waals surface area contributed by atoms with Crippen LogP contribution in [0.4, 0.5) is 0 Å². The molecule has 10 aromatic carbocycles. The Morgan fingerprint density at radius 1 is 0.232 bits per heavy atom. The quantitative estimate of drug-likeness (QED) is 0.114. The average Bonchev–Trinajstić information content (AvgIpc) is 3.28. The lowest BCUT2D eigenvalue weighted by Gasteiger charge is -2.20. The molecule has 56 heavy (non-hydrogen) atoms. The minimum absolute atomic E-state index is 1.18. The van der Waals surface area contributed by atoms with Crippen LogP contribution in [0, 0.1) is 0 Å². The predicted octanol–water partition coefficient (Wildman–Crippen LogP) is 15.7. The van der Waals surface area contributed by atoms with Crippen molar-refractivity contribution >= 4 is 44.5 Å². The molecule has 262 valence electrons. The molecule has 0 N–H and O–H groups in total. The Balaban J connectivity index is 1.14. The fourth-order valence-corrected chi connectivity index (χ4v) is 8.39. The number of hydrogen-bond donors (Lipinski definition) is 0. The highest BCUT2D eigenvalue weighted by Crippen LogP contribution is 2.47. The molecule has 0 amide bonds. The van der Waals surface area contributed by atoms with Crippen LogP contribution in [-0.4, -0.2) is 0 Å². The Labute approximate surface area is 328 Å². The normalized spacial score (nSPS) is 11.5. The maximum atomic E-state index is 2.38. The first-order valence-electron chi connectivity index (χ1n) is 19.3. The van der Waals surface area contributed by atoms with Gasteiger partial charge in [-0.2, -0.15) is 0 Å². The molecule has 0 heteroatoms. The first kappa shape index (κ1) is 33.3. The molecular weight excluding hydrogens is 673 g/mol. The summed E-state index contributed by atoms with van der Waals surface area (Å²) >= 11 is 0. The van der Waals surface area contributed by atoms with Crippen molar-refractivity contribution in [1.29, 1.82) is 0 Å². The van der Waals surface area contributed by atoms with E-state index in [2.05, 4.69) is 231 Å². The van der Waals surface area contributed by atoms with E-state index in [-0.39, 0.29) is 0 Å². The summed E-state index contributed by atoms with van der Waals surface area (Å²) in [5, 5.41) is 7.48. The molecule has 0 aliphatic rings. The van der Waals surface area contributed by atoms with Crippen molar-refractivity contribution < 1.29 is 0 Å². The second kappa shape index (κ2) is 14.5. The van der Waals surface area contributed by atoms with Crippen LogP contribution < -0.4 is 0 Å². The summed E-state index contributed by atoms with van der Waals surface area (Å²) in [6.45, 7) is 0. The molecular formula is C56H38. The fourth-order valence-electron chi connectivity index (χ4n) is 8.39. The molecule has 0 aliphatic carbocycles. The van der Waals surface area contributed by atoms with Gasteiger partial charge in [-0.15, -0.1) is 0 Å². The van der Waals surface area contributed by atoms with E-state index in [0.717, 1.165) is 0 Å². The SMILES string of the molecule is C(=C\c1ccc(-c2c3ccccc3c(-c3cc(-c4ccccc4)cc(-c4ccccc4)c3)c3ccccc23)c2ccccc12)/c1ccc(-c2ccccc2)cc1. The third-order valence-corrected chi connectivity index (χ3v) is 11.1. The van der Waals surface area contributed by atoms with Gasteiger partial charge in [-0.25, -0.2) is 0 Å². The summed E-state index contributed by atoms with van der Waals surface area (Å²) in [5.74, 6) is 0. The molecule has 0 atom stereocenters. The predicted molar refractivity (Wildman–Crippen MR) is 242 cm³/mol. The summed E-state index contributed by atoms with van der Waals surface area (Å²) in [6.07, 6.45) is 4.48. The summed E-state index contributed by atoms with van der Waals surface area (Å²) in [4.78, 5) is 0. The van der Waals surface area contributed by atoms with E-state index in [0.29, 0.717) is 0 Å².